The van der Waals surface area contributed by atoms with Crippen LogP contribution in [-0.2, 0) is 6.61 Å². The number of aliphatic hydroxyl groups excluding tert-OH is 1. The predicted octanol–water partition coefficient (Wildman–Crippen LogP) is 2.73. The molecule has 1 aromatic rings. The molecule has 0 amide bonds. The molecule has 0 spiro atoms. The summed E-state index contributed by atoms with van der Waals surface area (Å²) in [6.45, 7) is 3.44. The zero-order valence-corrected chi connectivity index (χ0v) is 10.6. The summed E-state index contributed by atoms with van der Waals surface area (Å²) in [6.07, 6.45) is 9.96. The molecule has 0 bridgehead atoms. The van der Waals surface area contributed by atoms with Crippen LogP contribution in [0.5, 0.6) is 0 Å². The molecule has 3 heteroatoms. The lowest BCUT2D eigenvalue weighted by atomic mass is 10.1. The fourth-order valence-corrected chi connectivity index (χ4v) is 2.74. The molecule has 1 N–H and O–H groups in total. The Bertz CT molecular complexity index is 354. The molecular weight excluding hydrogens is 212 g/mol. The normalized spacial score (nSPS) is 21.3. The first kappa shape index (κ1) is 12.4. The van der Waals surface area contributed by atoms with Crippen LogP contribution in [0.2, 0.25) is 0 Å². The lowest BCUT2D eigenvalue weighted by molar-refractivity contribution is 0.281. The fourth-order valence-electron chi connectivity index (χ4n) is 2.74. The van der Waals surface area contributed by atoms with Crippen LogP contribution in [0.1, 0.15) is 44.6 Å². The molecule has 1 saturated heterocycles. The van der Waals surface area contributed by atoms with Crippen molar-refractivity contribution in [2.75, 3.05) is 11.4 Å². The summed E-state index contributed by atoms with van der Waals surface area (Å²) in [5.41, 5.74) is 2.13. The average Bonchev–Trinajstić information content (AvgIpc) is 2.63. The van der Waals surface area contributed by atoms with Crippen LogP contribution in [0.4, 0.5) is 5.69 Å². The highest BCUT2D eigenvalue weighted by atomic mass is 16.3. The molecule has 0 saturated carbocycles. The maximum absolute atomic E-state index is 9.41. The van der Waals surface area contributed by atoms with Crippen LogP contribution in [0.3, 0.4) is 0 Å². The molecule has 1 aromatic heterocycles. The van der Waals surface area contributed by atoms with Gasteiger partial charge in [-0.1, -0.05) is 19.8 Å². The van der Waals surface area contributed by atoms with Gasteiger partial charge in [0.2, 0.25) is 0 Å². The van der Waals surface area contributed by atoms with E-state index in [-0.39, 0.29) is 6.61 Å². The highest BCUT2D eigenvalue weighted by Crippen LogP contribution is 2.28. The number of rotatable bonds is 3. The van der Waals surface area contributed by atoms with Crippen molar-refractivity contribution in [2.24, 2.45) is 0 Å². The second-order valence-corrected chi connectivity index (χ2v) is 4.77. The summed E-state index contributed by atoms with van der Waals surface area (Å²) in [5.74, 6) is 0. The minimum atomic E-state index is 0.0795. The number of nitrogens with zero attached hydrogens (tertiary/aromatic N) is 2. The molecule has 3 nitrogen and oxygen atoms in total. The minimum absolute atomic E-state index is 0.0795. The maximum atomic E-state index is 9.41. The van der Waals surface area contributed by atoms with E-state index in [1.54, 1.807) is 6.20 Å². The Morgan fingerprint density at radius 3 is 3.06 bits per heavy atom. The molecule has 1 aliphatic rings. The number of hydrogen-bond acceptors (Lipinski definition) is 3. The van der Waals surface area contributed by atoms with E-state index in [2.05, 4.69) is 16.8 Å². The van der Waals surface area contributed by atoms with Crippen LogP contribution >= 0.6 is 0 Å². The van der Waals surface area contributed by atoms with Gasteiger partial charge in [-0.2, -0.15) is 0 Å². The first-order valence-corrected chi connectivity index (χ1v) is 6.67. The Balaban J connectivity index is 2.28. The summed E-state index contributed by atoms with van der Waals surface area (Å²) >= 11 is 0. The molecule has 17 heavy (non-hydrogen) atoms. The quantitative estimate of drug-likeness (QED) is 0.873. The van der Waals surface area contributed by atoms with E-state index in [9.17, 15) is 5.11 Å². The van der Waals surface area contributed by atoms with Crippen LogP contribution in [-0.4, -0.2) is 22.7 Å². The van der Waals surface area contributed by atoms with Gasteiger partial charge in [-0.15, -0.1) is 0 Å². The summed E-state index contributed by atoms with van der Waals surface area (Å²) in [5, 5.41) is 9.41. The summed E-state index contributed by atoms with van der Waals surface area (Å²) in [7, 11) is 0. The van der Waals surface area contributed by atoms with Crippen molar-refractivity contribution >= 4 is 5.69 Å². The smallest absolute Gasteiger partial charge is 0.0717 e. The van der Waals surface area contributed by atoms with E-state index >= 15 is 0 Å². The van der Waals surface area contributed by atoms with Crippen molar-refractivity contribution in [2.45, 2.75) is 51.7 Å². The van der Waals surface area contributed by atoms with E-state index in [0.717, 1.165) is 12.1 Å². The third-order valence-electron chi connectivity index (χ3n) is 3.71. The van der Waals surface area contributed by atoms with Crippen LogP contribution in [0, 0.1) is 0 Å². The van der Waals surface area contributed by atoms with Gasteiger partial charge < -0.3 is 10.0 Å². The molecule has 0 radical (unpaired) electrons. The molecule has 1 fully saturated rings. The van der Waals surface area contributed by atoms with Gasteiger partial charge in [0.25, 0.3) is 0 Å². The van der Waals surface area contributed by atoms with Gasteiger partial charge in [-0.25, -0.2) is 0 Å². The number of aliphatic hydroxyl groups is 1. The molecule has 2 heterocycles. The van der Waals surface area contributed by atoms with E-state index in [0.29, 0.717) is 6.04 Å². The molecule has 1 atom stereocenters. The zero-order chi connectivity index (χ0) is 12.1. The zero-order valence-electron chi connectivity index (χ0n) is 10.6. The topological polar surface area (TPSA) is 36.4 Å². The van der Waals surface area contributed by atoms with Crippen LogP contribution in [0.25, 0.3) is 0 Å². The second kappa shape index (κ2) is 6.01. The van der Waals surface area contributed by atoms with Crippen LogP contribution in [0.15, 0.2) is 18.5 Å². The van der Waals surface area contributed by atoms with Gasteiger partial charge >= 0.3 is 0 Å². The van der Waals surface area contributed by atoms with Gasteiger partial charge in [-0.3, -0.25) is 4.98 Å². The van der Waals surface area contributed by atoms with Crippen molar-refractivity contribution in [3.05, 3.63) is 24.0 Å². The second-order valence-electron chi connectivity index (χ2n) is 4.77. The number of aromatic nitrogens is 1. The fraction of sp³-hybridized carbons (Fsp3) is 0.643. The molecule has 0 aromatic carbocycles. The molecule has 94 valence electrons. The monoisotopic (exact) mass is 234 g/mol. The van der Waals surface area contributed by atoms with Crippen molar-refractivity contribution in [1.82, 2.24) is 4.98 Å². The molecule has 1 unspecified atom stereocenters. The lowest BCUT2D eigenvalue weighted by Crippen LogP contribution is -2.35. The van der Waals surface area contributed by atoms with E-state index in [1.165, 1.54) is 37.8 Å². The van der Waals surface area contributed by atoms with E-state index < -0.39 is 0 Å². The number of anilines is 1. The maximum Gasteiger partial charge on any atom is 0.0717 e. The number of pyridine rings is 1. The van der Waals surface area contributed by atoms with Crippen molar-refractivity contribution in [3.63, 3.8) is 0 Å². The van der Waals surface area contributed by atoms with Gasteiger partial charge in [0.05, 0.1) is 6.61 Å². The molecule has 0 aliphatic carbocycles. The Morgan fingerprint density at radius 1 is 1.41 bits per heavy atom. The largest absolute Gasteiger partial charge is 0.392 e. The third kappa shape index (κ3) is 2.78. The Morgan fingerprint density at radius 2 is 2.29 bits per heavy atom. The van der Waals surface area contributed by atoms with Crippen LogP contribution < -0.4 is 4.90 Å². The predicted molar refractivity (Wildman–Crippen MR) is 70.1 cm³/mol. The third-order valence-corrected chi connectivity index (χ3v) is 3.71. The summed E-state index contributed by atoms with van der Waals surface area (Å²) in [4.78, 5) is 6.57. The molecule has 1 aliphatic heterocycles. The van der Waals surface area contributed by atoms with Gasteiger partial charge in [0, 0.05) is 36.2 Å². The van der Waals surface area contributed by atoms with Crippen molar-refractivity contribution in [3.8, 4) is 0 Å². The Kier molecular flexibility index (Phi) is 4.37. The SMILES string of the molecule is CCC1CCCCCN1c1ccncc1CO. The minimum Gasteiger partial charge on any atom is -0.392 e. The first-order chi connectivity index (χ1) is 8.36. The van der Waals surface area contributed by atoms with Gasteiger partial charge in [0.1, 0.15) is 0 Å². The Labute approximate surface area is 103 Å². The standard InChI is InChI=1S/C14H22N2O/c1-2-13-6-4-3-5-9-16(13)14-7-8-15-10-12(14)11-17/h7-8,10,13,17H,2-6,9,11H2,1H3. The Hall–Kier alpha value is -1.09. The lowest BCUT2D eigenvalue weighted by Gasteiger charge is -2.32. The van der Waals surface area contributed by atoms with Crippen molar-refractivity contribution < 1.29 is 5.11 Å². The van der Waals surface area contributed by atoms with E-state index in [4.69, 9.17) is 0 Å². The summed E-state index contributed by atoms with van der Waals surface area (Å²) < 4.78 is 0. The number of hydrogen-bond donors (Lipinski definition) is 1. The van der Waals surface area contributed by atoms with Crippen molar-refractivity contribution in [1.29, 1.82) is 0 Å². The average molecular weight is 234 g/mol. The molecular formula is C14H22N2O. The highest BCUT2D eigenvalue weighted by Gasteiger charge is 2.21. The summed E-state index contributed by atoms with van der Waals surface area (Å²) in [6, 6.07) is 2.66. The van der Waals surface area contributed by atoms with Gasteiger partial charge in [0.15, 0.2) is 0 Å². The van der Waals surface area contributed by atoms with Gasteiger partial charge in [-0.05, 0) is 25.3 Å². The first-order valence-electron chi connectivity index (χ1n) is 6.67. The highest BCUT2D eigenvalue weighted by molar-refractivity contribution is 5.53. The van der Waals surface area contributed by atoms with E-state index in [1.807, 2.05) is 12.3 Å². The molecule has 2 rings (SSSR count).